The van der Waals surface area contributed by atoms with Gasteiger partial charge in [-0.05, 0) is 37.0 Å². The van der Waals surface area contributed by atoms with Crippen molar-refractivity contribution in [3.05, 3.63) is 76.6 Å². The number of anilines is 1. The summed E-state index contributed by atoms with van der Waals surface area (Å²) < 4.78 is 0. The van der Waals surface area contributed by atoms with Gasteiger partial charge in [0.1, 0.15) is 0 Å². The first-order valence-electron chi connectivity index (χ1n) is 9.92. The van der Waals surface area contributed by atoms with Gasteiger partial charge in [0.2, 0.25) is 0 Å². The molecule has 3 aromatic rings. The van der Waals surface area contributed by atoms with E-state index in [4.69, 9.17) is 0 Å². The second kappa shape index (κ2) is 8.55. The zero-order valence-electron chi connectivity index (χ0n) is 16.4. The predicted molar refractivity (Wildman–Crippen MR) is 115 cm³/mol. The van der Waals surface area contributed by atoms with Gasteiger partial charge < -0.3 is 4.90 Å². The molecule has 7 nitrogen and oxygen atoms in total. The summed E-state index contributed by atoms with van der Waals surface area (Å²) in [7, 11) is 2.04. The SMILES string of the molecule is CN(CCCC1CC(c2ccccc2)NN1)c1ccc([N+](=O)[O-])c2cnccc12. The van der Waals surface area contributed by atoms with Crippen LogP contribution >= 0.6 is 0 Å². The Morgan fingerprint density at radius 1 is 1.14 bits per heavy atom. The first-order chi connectivity index (χ1) is 14.1. The summed E-state index contributed by atoms with van der Waals surface area (Å²) in [6.45, 7) is 0.878. The summed E-state index contributed by atoms with van der Waals surface area (Å²) in [6.07, 6.45) is 6.41. The molecule has 0 radical (unpaired) electrons. The maximum Gasteiger partial charge on any atom is 0.278 e. The molecule has 2 unspecified atom stereocenters. The Balaban J connectivity index is 1.37. The first kappa shape index (κ1) is 19.3. The lowest BCUT2D eigenvalue weighted by Gasteiger charge is -2.22. The maximum absolute atomic E-state index is 11.3. The Hall–Kier alpha value is -3.03. The summed E-state index contributed by atoms with van der Waals surface area (Å²) in [4.78, 5) is 17.2. The molecule has 0 saturated carbocycles. The standard InChI is InChI=1S/C22H25N5O2/c1-26(21-9-10-22(27(28)29)19-15-23-12-11-18(19)21)13-5-8-17-14-20(25-24-17)16-6-3-2-4-7-16/h2-4,6-7,9-12,15,17,20,24-25H,5,8,13-14H2,1H3. The minimum atomic E-state index is -0.351. The molecule has 2 N–H and O–H groups in total. The van der Waals surface area contributed by atoms with Crippen LogP contribution in [0.25, 0.3) is 10.8 Å². The average molecular weight is 391 g/mol. The van der Waals surface area contributed by atoms with E-state index in [-0.39, 0.29) is 10.6 Å². The topological polar surface area (TPSA) is 83.3 Å². The molecular formula is C22H25N5O2. The molecule has 150 valence electrons. The molecule has 0 spiro atoms. The number of benzene rings is 2. The van der Waals surface area contributed by atoms with Crippen LogP contribution in [0.15, 0.2) is 60.9 Å². The van der Waals surface area contributed by atoms with E-state index >= 15 is 0 Å². The lowest BCUT2D eigenvalue weighted by molar-refractivity contribution is -0.383. The van der Waals surface area contributed by atoms with E-state index in [9.17, 15) is 10.1 Å². The Bertz CT molecular complexity index is 995. The van der Waals surface area contributed by atoms with Gasteiger partial charge >= 0.3 is 0 Å². The fourth-order valence-corrected chi connectivity index (χ4v) is 4.06. The molecule has 1 fully saturated rings. The van der Waals surface area contributed by atoms with E-state index in [1.807, 2.05) is 25.2 Å². The van der Waals surface area contributed by atoms with Crippen molar-refractivity contribution in [1.82, 2.24) is 15.8 Å². The molecule has 4 rings (SSSR count). The summed E-state index contributed by atoms with van der Waals surface area (Å²) in [5, 5.41) is 12.7. The van der Waals surface area contributed by atoms with Crippen LogP contribution in [0, 0.1) is 10.1 Å². The molecule has 2 aromatic carbocycles. The van der Waals surface area contributed by atoms with Crippen molar-refractivity contribution in [2.24, 2.45) is 0 Å². The van der Waals surface area contributed by atoms with E-state index in [0.29, 0.717) is 17.5 Å². The number of nitro groups is 1. The second-order valence-electron chi connectivity index (χ2n) is 7.53. The molecule has 1 aromatic heterocycles. The van der Waals surface area contributed by atoms with Crippen LogP contribution in [-0.2, 0) is 0 Å². The fourth-order valence-electron chi connectivity index (χ4n) is 4.06. The zero-order chi connectivity index (χ0) is 20.2. The Morgan fingerprint density at radius 2 is 1.97 bits per heavy atom. The van der Waals surface area contributed by atoms with E-state index in [2.05, 4.69) is 45.0 Å². The number of nitrogens with zero attached hydrogens (tertiary/aromatic N) is 3. The molecule has 7 heteroatoms. The Kier molecular flexibility index (Phi) is 5.69. The van der Waals surface area contributed by atoms with Crippen LogP contribution in [0.1, 0.15) is 30.9 Å². The number of non-ortho nitro benzene ring substituents is 1. The number of pyridine rings is 1. The van der Waals surface area contributed by atoms with Gasteiger partial charge in [-0.15, -0.1) is 0 Å². The number of fused-ring (bicyclic) bond motifs is 1. The number of hydrogen-bond donors (Lipinski definition) is 2. The highest BCUT2D eigenvalue weighted by Gasteiger charge is 2.24. The third-order valence-electron chi connectivity index (χ3n) is 5.61. The molecule has 2 heterocycles. The number of hydrogen-bond acceptors (Lipinski definition) is 6. The fraction of sp³-hybridized carbons (Fsp3) is 0.318. The van der Waals surface area contributed by atoms with Crippen molar-refractivity contribution in [3.8, 4) is 0 Å². The minimum Gasteiger partial charge on any atom is -0.374 e. The molecule has 29 heavy (non-hydrogen) atoms. The van der Waals surface area contributed by atoms with Gasteiger partial charge in [0, 0.05) is 55.2 Å². The van der Waals surface area contributed by atoms with E-state index in [1.165, 1.54) is 5.56 Å². The predicted octanol–water partition coefficient (Wildman–Crippen LogP) is 3.97. The van der Waals surface area contributed by atoms with Crippen LogP contribution in [0.3, 0.4) is 0 Å². The number of nitrogens with one attached hydrogen (secondary N) is 2. The van der Waals surface area contributed by atoms with Gasteiger partial charge in [-0.2, -0.15) is 0 Å². The monoisotopic (exact) mass is 391 g/mol. The number of hydrazine groups is 1. The molecule has 1 aliphatic rings. The van der Waals surface area contributed by atoms with Crippen LogP contribution in [0.2, 0.25) is 0 Å². The largest absolute Gasteiger partial charge is 0.374 e. The van der Waals surface area contributed by atoms with Crippen molar-refractivity contribution in [3.63, 3.8) is 0 Å². The third kappa shape index (κ3) is 4.21. The van der Waals surface area contributed by atoms with Gasteiger partial charge in [-0.3, -0.25) is 25.9 Å². The zero-order valence-corrected chi connectivity index (χ0v) is 16.4. The summed E-state index contributed by atoms with van der Waals surface area (Å²) >= 11 is 0. The minimum absolute atomic E-state index is 0.0958. The number of rotatable bonds is 7. The van der Waals surface area contributed by atoms with Crippen LogP contribution < -0.4 is 15.8 Å². The van der Waals surface area contributed by atoms with E-state index in [0.717, 1.165) is 36.9 Å². The van der Waals surface area contributed by atoms with Crippen molar-refractivity contribution in [2.75, 3.05) is 18.5 Å². The lowest BCUT2D eigenvalue weighted by Crippen LogP contribution is -2.31. The highest BCUT2D eigenvalue weighted by atomic mass is 16.6. The number of aromatic nitrogens is 1. The molecular weight excluding hydrogens is 366 g/mol. The molecule has 2 atom stereocenters. The van der Waals surface area contributed by atoms with E-state index < -0.39 is 0 Å². The average Bonchev–Trinajstić information content (AvgIpc) is 3.22. The van der Waals surface area contributed by atoms with Crippen LogP contribution in [0.4, 0.5) is 11.4 Å². The van der Waals surface area contributed by atoms with Gasteiger partial charge in [0.25, 0.3) is 5.69 Å². The van der Waals surface area contributed by atoms with Crippen LogP contribution in [-0.4, -0.2) is 29.5 Å². The third-order valence-corrected chi connectivity index (χ3v) is 5.61. The molecule has 0 aliphatic carbocycles. The normalized spacial score (nSPS) is 18.8. The van der Waals surface area contributed by atoms with Gasteiger partial charge in [0.05, 0.1) is 10.3 Å². The second-order valence-corrected chi connectivity index (χ2v) is 7.53. The quantitative estimate of drug-likeness (QED) is 0.468. The lowest BCUT2D eigenvalue weighted by atomic mass is 9.99. The van der Waals surface area contributed by atoms with Crippen molar-refractivity contribution >= 4 is 22.1 Å². The maximum atomic E-state index is 11.3. The van der Waals surface area contributed by atoms with Crippen molar-refractivity contribution < 1.29 is 4.92 Å². The first-order valence-corrected chi connectivity index (χ1v) is 9.92. The van der Waals surface area contributed by atoms with Gasteiger partial charge in [-0.25, -0.2) is 0 Å². The molecule has 0 amide bonds. The van der Waals surface area contributed by atoms with Gasteiger partial charge in [0.15, 0.2) is 0 Å². The van der Waals surface area contributed by atoms with Gasteiger partial charge in [-0.1, -0.05) is 30.3 Å². The molecule has 0 bridgehead atoms. The summed E-state index contributed by atoms with van der Waals surface area (Å²) in [6, 6.07) is 16.5. The summed E-state index contributed by atoms with van der Waals surface area (Å²) in [5.74, 6) is 0. The van der Waals surface area contributed by atoms with Crippen molar-refractivity contribution in [1.29, 1.82) is 0 Å². The summed E-state index contributed by atoms with van der Waals surface area (Å²) in [5.41, 5.74) is 9.22. The van der Waals surface area contributed by atoms with E-state index in [1.54, 1.807) is 18.5 Å². The Labute approximate surface area is 169 Å². The highest BCUT2D eigenvalue weighted by Crippen LogP contribution is 2.32. The number of nitro benzene ring substituents is 1. The van der Waals surface area contributed by atoms with Crippen LogP contribution in [0.5, 0.6) is 0 Å². The highest BCUT2D eigenvalue weighted by molar-refractivity contribution is 5.99. The molecule has 1 saturated heterocycles. The smallest absolute Gasteiger partial charge is 0.278 e. The Morgan fingerprint density at radius 3 is 2.76 bits per heavy atom. The molecule has 1 aliphatic heterocycles. The van der Waals surface area contributed by atoms with Crippen molar-refractivity contribution in [2.45, 2.75) is 31.3 Å².